The molecule has 2 N–H and O–H groups in total. The summed E-state index contributed by atoms with van der Waals surface area (Å²) >= 11 is 0. The number of ether oxygens (including phenoxy) is 1. The molecular formula is C18H22N4O2. The van der Waals surface area contributed by atoms with Crippen LogP contribution in [0.3, 0.4) is 0 Å². The second-order valence-electron chi connectivity index (χ2n) is 5.97. The lowest BCUT2D eigenvalue weighted by Crippen LogP contribution is -2.35. The Bertz CT molecular complexity index is 701. The van der Waals surface area contributed by atoms with E-state index < -0.39 is 17.8 Å². The molecule has 1 aromatic rings. The molecule has 1 heterocycles. The number of hydrogen-bond acceptors (Lipinski definition) is 6. The second kappa shape index (κ2) is 7.75. The fourth-order valence-electron chi connectivity index (χ4n) is 2.72. The summed E-state index contributed by atoms with van der Waals surface area (Å²) in [7, 11) is 3.81. The van der Waals surface area contributed by atoms with Gasteiger partial charge in [-0.3, -0.25) is 0 Å². The summed E-state index contributed by atoms with van der Waals surface area (Å²) in [6.07, 6.45) is 0. The number of nitriles is 1. The van der Waals surface area contributed by atoms with Crippen LogP contribution in [0.1, 0.15) is 18.4 Å². The first-order valence-corrected chi connectivity index (χ1v) is 7.77. The third-order valence-electron chi connectivity index (χ3n) is 3.94. The number of aliphatic imine (C=N–C) groups is 1. The van der Waals surface area contributed by atoms with Crippen LogP contribution in [0.4, 0.5) is 0 Å². The average molecular weight is 326 g/mol. The van der Waals surface area contributed by atoms with E-state index >= 15 is 0 Å². The minimum absolute atomic E-state index is 0.230. The highest BCUT2D eigenvalue weighted by Crippen LogP contribution is 2.38. The highest BCUT2D eigenvalue weighted by atomic mass is 16.5. The van der Waals surface area contributed by atoms with Crippen molar-refractivity contribution in [3.63, 3.8) is 0 Å². The fourth-order valence-corrected chi connectivity index (χ4v) is 2.72. The number of carbonyl (C=O) groups excluding carboxylic acids is 1. The SMILES string of the molecule is CC1=C(C(=O)OCCN(C)C)C(c2ccccc2)C(C#N)C(N)=N1. The predicted octanol–water partition coefficient (Wildman–Crippen LogP) is 1.66. The summed E-state index contributed by atoms with van der Waals surface area (Å²) in [5.41, 5.74) is 7.70. The number of amidine groups is 1. The van der Waals surface area contributed by atoms with Crippen molar-refractivity contribution in [2.75, 3.05) is 27.2 Å². The van der Waals surface area contributed by atoms with Gasteiger partial charge in [-0.25, -0.2) is 9.79 Å². The fraction of sp³-hybridized carbons (Fsp3) is 0.389. The van der Waals surface area contributed by atoms with E-state index in [1.807, 2.05) is 49.3 Å². The van der Waals surface area contributed by atoms with Gasteiger partial charge in [-0.15, -0.1) is 0 Å². The number of allylic oxidation sites excluding steroid dienone is 1. The maximum Gasteiger partial charge on any atom is 0.336 e. The summed E-state index contributed by atoms with van der Waals surface area (Å²) in [5, 5.41) is 9.54. The molecule has 0 amide bonds. The Morgan fingerprint density at radius 2 is 2.04 bits per heavy atom. The van der Waals surface area contributed by atoms with Crippen molar-refractivity contribution < 1.29 is 9.53 Å². The number of nitrogens with two attached hydrogens (primary N) is 1. The van der Waals surface area contributed by atoms with Crippen molar-refractivity contribution in [3.05, 3.63) is 47.2 Å². The van der Waals surface area contributed by atoms with Gasteiger partial charge in [0.05, 0.1) is 17.3 Å². The van der Waals surface area contributed by atoms with Gasteiger partial charge in [-0.1, -0.05) is 30.3 Å². The van der Waals surface area contributed by atoms with Crippen molar-refractivity contribution in [2.24, 2.45) is 16.6 Å². The molecule has 0 radical (unpaired) electrons. The predicted molar refractivity (Wildman–Crippen MR) is 92.1 cm³/mol. The molecule has 1 aliphatic heterocycles. The average Bonchev–Trinajstić information content (AvgIpc) is 2.54. The van der Waals surface area contributed by atoms with Crippen LogP contribution in [0.2, 0.25) is 0 Å². The third-order valence-corrected chi connectivity index (χ3v) is 3.94. The van der Waals surface area contributed by atoms with Crippen LogP contribution in [-0.2, 0) is 9.53 Å². The van der Waals surface area contributed by atoms with Crippen molar-refractivity contribution in [1.82, 2.24) is 4.90 Å². The molecule has 6 nitrogen and oxygen atoms in total. The Labute approximate surface area is 142 Å². The first kappa shape index (κ1) is 17.7. The van der Waals surface area contributed by atoms with E-state index in [0.29, 0.717) is 17.8 Å². The number of carbonyl (C=O) groups is 1. The van der Waals surface area contributed by atoms with Gasteiger partial charge in [0.25, 0.3) is 0 Å². The van der Waals surface area contributed by atoms with Crippen molar-refractivity contribution in [2.45, 2.75) is 12.8 Å². The van der Waals surface area contributed by atoms with E-state index in [0.717, 1.165) is 5.56 Å². The molecule has 24 heavy (non-hydrogen) atoms. The van der Waals surface area contributed by atoms with Crippen LogP contribution in [0.25, 0.3) is 0 Å². The van der Waals surface area contributed by atoms with E-state index in [2.05, 4.69) is 11.1 Å². The zero-order valence-electron chi connectivity index (χ0n) is 14.2. The van der Waals surface area contributed by atoms with Crippen molar-refractivity contribution in [3.8, 4) is 6.07 Å². The van der Waals surface area contributed by atoms with E-state index in [1.54, 1.807) is 6.92 Å². The zero-order chi connectivity index (χ0) is 17.7. The molecule has 0 aromatic heterocycles. The molecule has 0 fully saturated rings. The van der Waals surface area contributed by atoms with Crippen LogP contribution in [-0.4, -0.2) is 44.0 Å². The molecule has 0 saturated carbocycles. The maximum atomic E-state index is 12.6. The quantitative estimate of drug-likeness (QED) is 0.831. The van der Waals surface area contributed by atoms with Crippen LogP contribution in [0.5, 0.6) is 0 Å². The molecule has 1 aromatic carbocycles. The highest BCUT2D eigenvalue weighted by Gasteiger charge is 2.38. The molecule has 2 atom stereocenters. The Morgan fingerprint density at radius 3 is 2.62 bits per heavy atom. The number of benzene rings is 1. The lowest BCUT2D eigenvalue weighted by atomic mass is 9.78. The standard InChI is InChI=1S/C18H22N4O2/c1-12-15(18(23)24-10-9-22(2)3)16(13-7-5-4-6-8-13)14(11-19)17(20)21-12/h4-8,14,16H,9-10H2,1-3H3,(H2,20,21). The lowest BCUT2D eigenvalue weighted by Gasteiger charge is -2.28. The molecule has 126 valence electrons. The summed E-state index contributed by atoms with van der Waals surface area (Å²) in [5.74, 6) is -1.37. The van der Waals surface area contributed by atoms with E-state index in [-0.39, 0.29) is 12.4 Å². The Morgan fingerprint density at radius 1 is 1.38 bits per heavy atom. The second-order valence-corrected chi connectivity index (χ2v) is 5.97. The molecule has 2 rings (SSSR count). The molecule has 1 aliphatic rings. The van der Waals surface area contributed by atoms with E-state index in [4.69, 9.17) is 10.5 Å². The monoisotopic (exact) mass is 326 g/mol. The highest BCUT2D eigenvalue weighted by molar-refractivity contribution is 5.97. The summed E-state index contributed by atoms with van der Waals surface area (Å²) in [6.45, 7) is 2.63. The van der Waals surface area contributed by atoms with E-state index in [9.17, 15) is 10.1 Å². The van der Waals surface area contributed by atoms with E-state index in [1.165, 1.54) is 0 Å². The Kier molecular flexibility index (Phi) is 5.72. The Balaban J connectivity index is 2.38. The number of rotatable bonds is 5. The third kappa shape index (κ3) is 3.81. The molecule has 0 saturated heterocycles. The smallest absolute Gasteiger partial charge is 0.336 e. The number of hydrogen-bond donors (Lipinski definition) is 1. The maximum absolute atomic E-state index is 12.6. The van der Waals surface area contributed by atoms with Crippen LogP contribution in [0.15, 0.2) is 46.6 Å². The normalized spacial score (nSPS) is 20.5. The molecule has 0 aliphatic carbocycles. The Hall–Kier alpha value is -2.65. The van der Waals surface area contributed by atoms with Crippen molar-refractivity contribution >= 4 is 11.8 Å². The van der Waals surface area contributed by atoms with Gasteiger partial charge < -0.3 is 15.4 Å². The molecule has 6 heteroatoms. The van der Waals surface area contributed by atoms with Crippen LogP contribution in [0, 0.1) is 17.2 Å². The largest absolute Gasteiger partial charge is 0.461 e. The van der Waals surface area contributed by atoms with Crippen LogP contribution < -0.4 is 5.73 Å². The topological polar surface area (TPSA) is 91.7 Å². The number of nitrogens with zero attached hydrogens (tertiary/aromatic N) is 3. The number of esters is 1. The van der Waals surface area contributed by atoms with Gasteiger partial charge in [0.1, 0.15) is 18.4 Å². The van der Waals surface area contributed by atoms with Gasteiger partial charge in [-0.05, 0) is 26.6 Å². The van der Waals surface area contributed by atoms with Gasteiger partial charge in [-0.2, -0.15) is 5.26 Å². The minimum atomic E-state index is -0.688. The van der Waals surface area contributed by atoms with Crippen LogP contribution >= 0.6 is 0 Å². The lowest BCUT2D eigenvalue weighted by molar-refractivity contribution is -0.139. The summed E-state index contributed by atoms with van der Waals surface area (Å²) < 4.78 is 5.38. The van der Waals surface area contributed by atoms with Gasteiger partial charge in [0.2, 0.25) is 0 Å². The molecule has 0 bridgehead atoms. The summed E-state index contributed by atoms with van der Waals surface area (Å²) in [4.78, 5) is 18.7. The minimum Gasteiger partial charge on any atom is -0.461 e. The zero-order valence-corrected chi connectivity index (χ0v) is 14.2. The molecular weight excluding hydrogens is 304 g/mol. The first-order chi connectivity index (χ1) is 11.5. The van der Waals surface area contributed by atoms with Gasteiger partial charge in [0.15, 0.2) is 0 Å². The summed E-state index contributed by atoms with van der Waals surface area (Å²) in [6, 6.07) is 11.6. The number of likely N-dealkylation sites (N-methyl/N-ethyl adjacent to an activating group) is 1. The van der Waals surface area contributed by atoms with Gasteiger partial charge >= 0.3 is 5.97 Å². The molecule has 0 spiro atoms. The first-order valence-electron chi connectivity index (χ1n) is 7.77. The van der Waals surface area contributed by atoms with Gasteiger partial charge in [0, 0.05) is 12.5 Å². The van der Waals surface area contributed by atoms with Crippen molar-refractivity contribution in [1.29, 1.82) is 5.26 Å². The molecule has 2 unspecified atom stereocenters.